The molecule has 1 atom stereocenters. The maximum Gasteiger partial charge on any atom is 0.314 e. The summed E-state index contributed by atoms with van der Waals surface area (Å²) in [6, 6.07) is 13.7. The first-order chi connectivity index (χ1) is 13.4. The van der Waals surface area contributed by atoms with E-state index in [0.717, 1.165) is 18.4 Å². The fourth-order valence-corrected chi connectivity index (χ4v) is 5.12. The van der Waals surface area contributed by atoms with Gasteiger partial charge < -0.3 is 9.97 Å². The van der Waals surface area contributed by atoms with Crippen molar-refractivity contribution in [2.24, 2.45) is 5.92 Å². The second kappa shape index (κ2) is 7.03. The summed E-state index contributed by atoms with van der Waals surface area (Å²) in [7, 11) is -3.80. The molecule has 1 fully saturated rings. The lowest BCUT2D eigenvalue weighted by Gasteiger charge is -2.28. The van der Waals surface area contributed by atoms with Crippen molar-refractivity contribution in [1.29, 1.82) is 0 Å². The van der Waals surface area contributed by atoms with Gasteiger partial charge in [-0.15, -0.1) is 0 Å². The highest BCUT2D eigenvalue weighted by Crippen LogP contribution is 2.38. The second-order valence-electron chi connectivity index (χ2n) is 7.23. The van der Waals surface area contributed by atoms with Crippen molar-refractivity contribution >= 4 is 21.1 Å². The standard InChI is InChI=1S/C20H21N3O4S/c1-13(15-7-8-15)23(12-14-5-3-2-4-6-14)28(26,27)16-9-10-17-18(11-16)22-20(25)19(24)21-17/h2-6,9-11,13,15H,7-8,12H2,1H3,(H,21,24)(H,22,25). The number of fused-ring (bicyclic) bond motifs is 1. The van der Waals surface area contributed by atoms with Gasteiger partial charge in [0.2, 0.25) is 10.0 Å². The molecule has 8 heteroatoms. The van der Waals surface area contributed by atoms with E-state index in [2.05, 4.69) is 9.97 Å². The third-order valence-corrected chi connectivity index (χ3v) is 7.17. The molecular formula is C20H21N3O4S. The Morgan fingerprint density at radius 1 is 1.00 bits per heavy atom. The molecule has 7 nitrogen and oxygen atoms in total. The number of aromatic amines is 2. The van der Waals surface area contributed by atoms with Crippen LogP contribution in [0.25, 0.3) is 11.0 Å². The summed E-state index contributed by atoms with van der Waals surface area (Å²) >= 11 is 0. The highest BCUT2D eigenvalue weighted by atomic mass is 32.2. The lowest BCUT2D eigenvalue weighted by molar-refractivity contribution is 0.303. The Morgan fingerprint density at radius 2 is 1.64 bits per heavy atom. The maximum atomic E-state index is 13.5. The Bertz CT molecular complexity index is 1230. The molecule has 1 heterocycles. The van der Waals surface area contributed by atoms with Gasteiger partial charge in [-0.05, 0) is 49.4 Å². The average Bonchev–Trinajstić information content (AvgIpc) is 3.52. The Kier molecular flexibility index (Phi) is 4.68. The van der Waals surface area contributed by atoms with Crippen LogP contribution in [0, 0.1) is 5.92 Å². The first-order valence-electron chi connectivity index (χ1n) is 9.18. The molecule has 2 aromatic carbocycles. The lowest BCUT2D eigenvalue weighted by Crippen LogP contribution is -2.39. The van der Waals surface area contributed by atoms with Crippen LogP contribution in [-0.4, -0.2) is 28.7 Å². The molecular weight excluding hydrogens is 378 g/mol. The highest BCUT2D eigenvalue weighted by Gasteiger charge is 2.38. The predicted octanol–water partition coefficient (Wildman–Crippen LogP) is 2.21. The van der Waals surface area contributed by atoms with Gasteiger partial charge in [0.25, 0.3) is 0 Å². The van der Waals surface area contributed by atoms with Gasteiger partial charge in [-0.1, -0.05) is 30.3 Å². The molecule has 0 radical (unpaired) electrons. The van der Waals surface area contributed by atoms with E-state index in [0.29, 0.717) is 11.4 Å². The third kappa shape index (κ3) is 3.53. The number of nitrogens with zero attached hydrogens (tertiary/aromatic N) is 1. The van der Waals surface area contributed by atoms with E-state index >= 15 is 0 Å². The van der Waals surface area contributed by atoms with Gasteiger partial charge in [0.1, 0.15) is 0 Å². The quantitative estimate of drug-likeness (QED) is 0.620. The van der Waals surface area contributed by atoms with Gasteiger partial charge >= 0.3 is 11.1 Å². The monoisotopic (exact) mass is 399 g/mol. The molecule has 2 N–H and O–H groups in total. The number of benzene rings is 2. The molecule has 1 aliphatic carbocycles. The number of hydrogen-bond donors (Lipinski definition) is 2. The lowest BCUT2D eigenvalue weighted by atomic mass is 10.2. The molecule has 1 saturated carbocycles. The number of aromatic nitrogens is 2. The van der Waals surface area contributed by atoms with Crippen molar-refractivity contribution in [2.75, 3.05) is 0 Å². The molecule has 0 saturated heterocycles. The Hall–Kier alpha value is -2.71. The highest BCUT2D eigenvalue weighted by molar-refractivity contribution is 7.89. The molecule has 0 aliphatic heterocycles. The van der Waals surface area contributed by atoms with E-state index in [1.807, 2.05) is 37.3 Å². The van der Waals surface area contributed by atoms with Crippen LogP contribution in [-0.2, 0) is 16.6 Å². The summed E-state index contributed by atoms with van der Waals surface area (Å²) in [6.07, 6.45) is 2.04. The number of sulfonamides is 1. The largest absolute Gasteiger partial charge is 0.316 e. The normalized spacial score (nSPS) is 15.8. The maximum absolute atomic E-state index is 13.5. The summed E-state index contributed by atoms with van der Waals surface area (Å²) in [5.41, 5.74) is 0.000572. The molecule has 4 rings (SSSR count). The number of hydrogen-bond acceptors (Lipinski definition) is 4. The van der Waals surface area contributed by atoms with Gasteiger partial charge in [0.15, 0.2) is 0 Å². The van der Waals surface area contributed by atoms with Crippen LogP contribution in [0.5, 0.6) is 0 Å². The first kappa shape index (κ1) is 18.6. The van der Waals surface area contributed by atoms with Gasteiger partial charge in [0, 0.05) is 12.6 Å². The minimum absolute atomic E-state index is 0.0890. The van der Waals surface area contributed by atoms with Crippen molar-refractivity contribution in [3.63, 3.8) is 0 Å². The molecule has 0 bridgehead atoms. The fraction of sp³-hybridized carbons (Fsp3) is 0.300. The van der Waals surface area contributed by atoms with Crippen LogP contribution in [0.1, 0.15) is 25.3 Å². The van der Waals surface area contributed by atoms with Gasteiger partial charge in [-0.3, -0.25) is 9.59 Å². The van der Waals surface area contributed by atoms with Gasteiger partial charge in [-0.2, -0.15) is 4.31 Å². The Labute approximate surface area is 162 Å². The van der Waals surface area contributed by atoms with Crippen LogP contribution >= 0.6 is 0 Å². The zero-order chi connectivity index (χ0) is 19.9. The topological polar surface area (TPSA) is 103 Å². The minimum atomic E-state index is -3.80. The summed E-state index contributed by atoms with van der Waals surface area (Å²) in [5, 5.41) is 0. The first-order valence-corrected chi connectivity index (χ1v) is 10.6. The second-order valence-corrected chi connectivity index (χ2v) is 9.12. The van der Waals surface area contributed by atoms with Crippen molar-refractivity contribution in [2.45, 2.75) is 37.2 Å². The Balaban J connectivity index is 1.78. The van der Waals surface area contributed by atoms with Crippen molar-refractivity contribution < 1.29 is 8.42 Å². The van der Waals surface area contributed by atoms with Crippen LogP contribution in [0.3, 0.4) is 0 Å². The summed E-state index contributed by atoms with van der Waals surface area (Å²) in [4.78, 5) is 28.1. The third-order valence-electron chi connectivity index (χ3n) is 5.24. The number of rotatable bonds is 6. The molecule has 28 heavy (non-hydrogen) atoms. The van der Waals surface area contributed by atoms with Crippen LogP contribution in [0.4, 0.5) is 0 Å². The van der Waals surface area contributed by atoms with Crippen molar-refractivity contribution in [3.8, 4) is 0 Å². The van der Waals surface area contributed by atoms with Crippen molar-refractivity contribution in [1.82, 2.24) is 14.3 Å². The van der Waals surface area contributed by atoms with Gasteiger partial charge in [-0.25, -0.2) is 8.42 Å². The Morgan fingerprint density at radius 3 is 2.29 bits per heavy atom. The SMILES string of the molecule is CC(C1CC1)N(Cc1ccccc1)S(=O)(=O)c1ccc2[nH]c(=O)c(=O)[nH]c2c1. The van der Waals surface area contributed by atoms with E-state index in [9.17, 15) is 18.0 Å². The minimum Gasteiger partial charge on any atom is -0.316 e. The molecule has 1 unspecified atom stereocenters. The van der Waals surface area contributed by atoms with Gasteiger partial charge in [0.05, 0.1) is 15.9 Å². The molecule has 146 valence electrons. The van der Waals surface area contributed by atoms with Crippen LogP contribution in [0.15, 0.2) is 63.0 Å². The average molecular weight is 399 g/mol. The molecule has 1 aromatic heterocycles. The summed E-state index contributed by atoms with van der Waals surface area (Å²) in [6.45, 7) is 2.22. The van der Waals surface area contributed by atoms with E-state index in [1.54, 1.807) is 0 Å². The van der Waals surface area contributed by atoms with E-state index < -0.39 is 21.1 Å². The zero-order valence-electron chi connectivity index (χ0n) is 15.4. The van der Waals surface area contributed by atoms with E-state index in [1.165, 1.54) is 22.5 Å². The molecule has 3 aromatic rings. The summed E-state index contributed by atoms with van der Waals surface area (Å²) in [5.74, 6) is 0.357. The van der Waals surface area contributed by atoms with Crippen LogP contribution in [0.2, 0.25) is 0 Å². The fourth-order valence-electron chi connectivity index (χ4n) is 3.41. The molecule has 0 amide bonds. The molecule has 0 spiro atoms. The predicted molar refractivity (Wildman–Crippen MR) is 107 cm³/mol. The van der Waals surface area contributed by atoms with E-state index in [4.69, 9.17) is 0 Å². The van der Waals surface area contributed by atoms with E-state index in [-0.39, 0.29) is 23.0 Å². The smallest absolute Gasteiger partial charge is 0.314 e. The zero-order valence-corrected chi connectivity index (χ0v) is 16.2. The summed E-state index contributed by atoms with van der Waals surface area (Å²) < 4.78 is 28.5. The number of H-pyrrole nitrogens is 2. The van der Waals surface area contributed by atoms with Crippen LogP contribution < -0.4 is 11.1 Å². The van der Waals surface area contributed by atoms with Crippen molar-refractivity contribution in [3.05, 3.63) is 74.8 Å². The molecule has 1 aliphatic rings. The number of nitrogens with one attached hydrogen (secondary N) is 2.